The van der Waals surface area contributed by atoms with Crippen molar-refractivity contribution >= 4 is 0 Å². The minimum absolute atomic E-state index is 0.507. The number of fused-ring (bicyclic) bond motifs is 1. The summed E-state index contributed by atoms with van der Waals surface area (Å²) in [5.41, 5.74) is 3.66. The van der Waals surface area contributed by atoms with E-state index in [9.17, 15) is 0 Å². The number of rotatable bonds is 7. The highest BCUT2D eigenvalue weighted by Crippen LogP contribution is 2.29. The summed E-state index contributed by atoms with van der Waals surface area (Å²) in [4.78, 5) is 7.18. The van der Waals surface area contributed by atoms with Crippen LogP contribution >= 0.6 is 0 Å². The number of hydrogen-bond acceptors (Lipinski definition) is 3. The van der Waals surface area contributed by atoms with Gasteiger partial charge in [-0.25, -0.2) is 0 Å². The normalized spacial score (nSPS) is 21.0. The Hall–Kier alpha value is -1.65. The van der Waals surface area contributed by atoms with E-state index in [0.29, 0.717) is 6.04 Å². The maximum atomic E-state index is 5.88. The Kier molecular flexibility index (Phi) is 4.67. The first-order valence-electron chi connectivity index (χ1n) is 9.16. The maximum absolute atomic E-state index is 5.88. The number of hydrogen-bond donors (Lipinski definition) is 0. The van der Waals surface area contributed by atoms with Crippen molar-refractivity contribution < 1.29 is 4.74 Å². The van der Waals surface area contributed by atoms with Gasteiger partial charge in [0, 0.05) is 56.5 Å². The first-order chi connectivity index (χ1) is 11.8. The van der Waals surface area contributed by atoms with Gasteiger partial charge in [0.2, 0.25) is 0 Å². The Morgan fingerprint density at radius 2 is 2.12 bits per heavy atom. The molecule has 2 aromatic rings. The van der Waals surface area contributed by atoms with Crippen LogP contribution in [-0.4, -0.2) is 34.2 Å². The first kappa shape index (κ1) is 15.9. The molecule has 0 radical (unpaired) electrons. The summed E-state index contributed by atoms with van der Waals surface area (Å²) in [7, 11) is 0. The molecule has 0 saturated heterocycles. The van der Waals surface area contributed by atoms with E-state index in [2.05, 4.69) is 57.9 Å². The molecular formula is C20H27N3O. The molecule has 2 aromatic heterocycles. The molecule has 3 heterocycles. The van der Waals surface area contributed by atoms with Gasteiger partial charge < -0.3 is 9.30 Å². The van der Waals surface area contributed by atoms with Crippen LogP contribution in [-0.2, 0) is 17.8 Å². The van der Waals surface area contributed by atoms with Crippen LogP contribution in [0.25, 0.3) is 0 Å². The molecule has 0 spiro atoms. The number of aryl methyl sites for hydroxylation is 1. The van der Waals surface area contributed by atoms with Gasteiger partial charge in [-0.1, -0.05) is 6.07 Å². The molecule has 0 N–H and O–H groups in total. The first-order valence-corrected chi connectivity index (χ1v) is 9.16. The topological polar surface area (TPSA) is 30.3 Å². The molecule has 128 valence electrons. The molecule has 1 fully saturated rings. The van der Waals surface area contributed by atoms with Gasteiger partial charge in [-0.15, -0.1) is 0 Å². The van der Waals surface area contributed by atoms with Gasteiger partial charge >= 0.3 is 0 Å². The zero-order valence-electron chi connectivity index (χ0n) is 14.5. The Balaban J connectivity index is 1.38. The van der Waals surface area contributed by atoms with Crippen molar-refractivity contribution in [3.05, 3.63) is 53.6 Å². The lowest BCUT2D eigenvalue weighted by atomic mass is 10.1. The van der Waals surface area contributed by atoms with E-state index in [0.717, 1.165) is 50.9 Å². The van der Waals surface area contributed by atoms with E-state index in [1.165, 1.54) is 24.2 Å². The summed E-state index contributed by atoms with van der Waals surface area (Å²) in [5.74, 6) is 0.849. The van der Waals surface area contributed by atoms with E-state index in [1.807, 2.05) is 0 Å². The predicted octanol–water partition coefficient (Wildman–Crippen LogP) is 3.57. The van der Waals surface area contributed by atoms with Gasteiger partial charge in [-0.05, 0) is 56.4 Å². The van der Waals surface area contributed by atoms with Crippen molar-refractivity contribution in [2.75, 3.05) is 19.8 Å². The second-order valence-corrected chi connectivity index (χ2v) is 7.31. The molecule has 0 bridgehead atoms. The summed E-state index contributed by atoms with van der Waals surface area (Å²) in [6, 6.07) is 11.2. The molecular weight excluding hydrogens is 298 g/mol. The lowest BCUT2D eigenvalue weighted by Gasteiger charge is -2.35. The van der Waals surface area contributed by atoms with Crippen molar-refractivity contribution in [2.24, 2.45) is 5.92 Å². The van der Waals surface area contributed by atoms with Crippen LogP contribution in [0.5, 0.6) is 0 Å². The fourth-order valence-electron chi connectivity index (χ4n) is 3.62. The third kappa shape index (κ3) is 3.87. The summed E-state index contributed by atoms with van der Waals surface area (Å²) in [5, 5.41) is 0. The highest BCUT2D eigenvalue weighted by Gasteiger charge is 2.25. The third-order valence-electron chi connectivity index (χ3n) is 5.09. The monoisotopic (exact) mass is 325 g/mol. The second-order valence-electron chi connectivity index (χ2n) is 7.31. The van der Waals surface area contributed by atoms with E-state index in [1.54, 1.807) is 0 Å². The van der Waals surface area contributed by atoms with Gasteiger partial charge in [0.25, 0.3) is 0 Å². The molecule has 2 aliphatic rings. The van der Waals surface area contributed by atoms with Crippen molar-refractivity contribution in [3.63, 3.8) is 0 Å². The van der Waals surface area contributed by atoms with E-state index in [-0.39, 0.29) is 0 Å². The highest BCUT2D eigenvalue weighted by molar-refractivity contribution is 5.13. The molecule has 0 aromatic carbocycles. The SMILES string of the molecule is Cc1cccc(CN2Cc3cccn3[C@@H](CCOCC3CC3)C2)n1. The number of ether oxygens (including phenoxy) is 1. The fourth-order valence-corrected chi connectivity index (χ4v) is 3.62. The van der Waals surface area contributed by atoms with E-state index < -0.39 is 0 Å². The molecule has 1 aliphatic heterocycles. The van der Waals surface area contributed by atoms with Crippen molar-refractivity contribution in [1.82, 2.24) is 14.5 Å². The summed E-state index contributed by atoms with van der Waals surface area (Å²) >= 11 is 0. The number of aromatic nitrogens is 2. The lowest BCUT2D eigenvalue weighted by molar-refractivity contribution is 0.0941. The number of pyridine rings is 1. The zero-order chi connectivity index (χ0) is 16.4. The number of nitrogens with zero attached hydrogens (tertiary/aromatic N) is 3. The Morgan fingerprint density at radius 1 is 1.21 bits per heavy atom. The minimum Gasteiger partial charge on any atom is -0.381 e. The molecule has 1 aliphatic carbocycles. The highest BCUT2D eigenvalue weighted by atomic mass is 16.5. The molecule has 4 heteroatoms. The Bertz CT molecular complexity index is 677. The van der Waals surface area contributed by atoms with Crippen molar-refractivity contribution in [3.8, 4) is 0 Å². The molecule has 24 heavy (non-hydrogen) atoms. The minimum atomic E-state index is 0.507. The van der Waals surface area contributed by atoms with Crippen LogP contribution in [0.4, 0.5) is 0 Å². The van der Waals surface area contributed by atoms with Crippen molar-refractivity contribution in [2.45, 2.75) is 45.3 Å². The standard InChI is InChI=1S/C20H27N3O/c1-16-4-2-5-18(21-16)12-22-13-19-6-3-10-23(19)20(14-22)9-11-24-15-17-7-8-17/h2-6,10,17,20H,7-9,11-15H2,1H3/t20-/m0/s1. The molecule has 4 rings (SSSR count). The van der Waals surface area contributed by atoms with Crippen molar-refractivity contribution in [1.29, 1.82) is 0 Å². The molecule has 1 saturated carbocycles. The maximum Gasteiger partial charge on any atom is 0.0547 e. The van der Waals surface area contributed by atoms with Crippen LogP contribution in [0, 0.1) is 12.8 Å². The molecule has 4 nitrogen and oxygen atoms in total. The molecule has 0 unspecified atom stereocenters. The summed E-state index contributed by atoms with van der Waals surface area (Å²) in [6.07, 6.45) is 6.04. The summed E-state index contributed by atoms with van der Waals surface area (Å²) in [6.45, 7) is 6.89. The average molecular weight is 325 g/mol. The molecule has 0 amide bonds. The smallest absolute Gasteiger partial charge is 0.0547 e. The quantitative estimate of drug-likeness (QED) is 0.729. The summed E-state index contributed by atoms with van der Waals surface area (Å²) < 4.78 is 8.32. The third-order valence-corrected chi connectivity index (χ3v) is 5.09. The van der Waals surface area contributed by atoms with E-state index >= 15 is 0 Å². The Morgan fingerprint density at radius 3 is 2.96 bits per heavy atom. The van der Waals surface area contributed by atoms with Gasteiger partial charge in [-0.3, -0.25) is 9.88 Å². The van der Waals surface area contributed by atoms with Crippen LogP contribution in [0.15, 0.2) is 36.5 Å². The molecule has 1 atom stereocenters. The fraction of sp³-hybridized carbons (Fsp3) is 0.550. The lowest BCUT2D eigenvalue weighted by Crippen LogP contribution is -2.37. The van der Waals surface area contributed by atoms with E-state index in [4.69, 9.17) is 4.74 Å². The van der Waals surface area contributed by atoms with Gasteiger partial charge in [0.15, 0.2) is 0 Å². The van der Waals surface area contributed by atoms with Crippen LogP contribution in [0.1, 0.15) is 42.4 Å². The zero-order valence-corrected chi connectivity index (χ0v) is 14.5. The van der Waals surface area contributed by atoms with Gasteiger partial charge in [0.1, 0.15) is 0 Å². The average Bonchev–Trinajstić information content (AvgIpc) is 3.27. The predicted molar refractivity (Wildman–Crippen MR) is 94.7 cm³/mol. The Labute approximate surface area is 144 Å². The van der Waals surface area contributed by atoms with Crippen LogP contribution in [0.3, 0.4) is 0 Å². The second kappa shape index (κ2) is 7.08. The van der Waals surface area contributed by atoms with Gasteiger partial charge in [-0.2, -0.15) is 0 Å². The van der Waals surface area contributed by atoms with Gasteiger partial charge in [0.05, 0.1) is 5.69 Å². The van der Waals surface area contributed by atoms with Crippen LogP contribution < -0.4 is 0 Å². The van der Waals surface area contributed by atoms with Crippen LogP contribution in [0.2, 0.25) is 0 Å². The largest absolute Gasteiger partial charge is 0.381 e.